The first-order valence-electron chi connectivity index (χ1n) is 16.5. The van der Waals surface area contributed by atoms with Crippen molar-refractivity contribution in [2.75, 3.05) is 0 Å². The smallest absolute Gasteiger partial charge is 0.168 e. The Bertz CT molecular complexity index is 2710. The van der Waals surface area contributed by atoms with Crippen LogP contribution in [0.25, 0.3) is 83.4 Å². The Morgan fingerprint density at radius 2 is 0.755 bits per heavy atom. The standard InChI is InChI=1S/C44H29N5/c1-3-15-30(16-4-1)43-45-46-44(31-17-5-2-6-18-31)49(43)41-28-14-27-40-42(41)36-23-9-12-26-39(36)48(40)33-20-13-19-32(29-33)47-37-24-10-7-21-34(37)35-22-8-11-25-38(35)47/h1-29H. The molecule has 230 valence electrons. The van der Waals surface area contributed by atoms with Crippen LogP contribution in [0.2, 0.25) is 0 Å². The number of nitrogens with zero attached hydrogens (tertiary/aromatic N) is 5. The molecule has 5 nitrogen and oxygen atoms in total. The molecule has 5 heteroatoms. The van der Waals surface area contributed by atoms with Gasteiger partial charge in [0.05, 0.1) is 27.8 Å². The lowest BCUT2D eigenvalue weighted by atomic mass is 10.1. The first-order chi connectivity index (χ1) is 24.3. The second kappa shape index (κ2) is 10.9. The third-order valence-corrected chi connectivity index (χ3v) is 9.57. The van der Waals surface area contributed by atoms with Gasteiger partial charge in [0.15, 0.2) is 11.6 Å². The van der Waals surface area contributed by atoms with Crippen LogP contribution in [-0.4, -0.2) is 23.9 Å². The second-order valence-electron chi connectivity index (χ2n) is 12.3. The highest BCUT2D eigenvalue weighted by atomic mass is 15.3. The maximum absolute atomic E-state index is 4.78. The van der Waals surface area contributed by atoms with Crippen molar-refractivity contribution in [2.24, 2.45) is 0 Å². The van der Waals surface area contributed by atoms with Gasteiger partial charge in [0.2, 0.25) is 0 Å². The first kappa shape index (κ1) is 27.4. The molecule has 0 saturated carbocycles. The summed E-state index contributed by atoms with van der Waals surface area (Å²) in [6, 6.07) is 62.1. The summed E-state index contributed by atoms with van der Waals surface area (Å²) < 4.78 is 6.99. The van der Waals surface area contributed by atoms with E-state index in [0.29, 0.717) is 0 Å². The van der Waals surface area contributed by atoms with Crippen LogP contribution in [0, 0.1) is 0 Å². The zero-order chi connectivity index (χ0) is 32.3. The number of hydrogen-bond donors (Lipinski definition) is 0. The molecule has 0 aliphatic heterocycles. The van der Waals surface area contributed by atoms with E-state index in [9.17, 15) is 0 Å². The zero-order valence-corrected chi connectivity index (χ0v) is 26.5. The summed E-state index contributed by atoms with van der Waals surface area (Å²) >= 11 is 0. The van der Waals surface area contributed by atoms with Crippen molar-refractivity contribution in [3.63, 3.8) is 0 Å². The van der Waals surface area contributed by atoms with Crippen molar-refractivity contribution in [2.45, 2.75) is 0 Å². The molecule has 3 aromatic heterocycles. The minimum Gasteiger partial charge on any atom is -0.309 e. The Kier molecular flexibility index (Phi) is 6.11. The summed E-state index contributed by atoms with van der Waals surface area (Å²) in [6.45, 7) is 0. The maximum Gasteiger partial charge on any atom is 0.168 e. The molecule has 7 aromatic carbocycles. The van der Waals surface area contributed by atoms with Gasteiger partial charge in [-0.2, -0.15) is 0 Å². The molecule has 0 spiro atoms. The zero-order valence-electron chi connectivity index (χ0n) is 26.5. The van der Waals surface area contributed by atoms with Crippen LogP contribution < -0.4 is 0 Å². The van der Waals surface area contributed by atoms with E-state index in [0.717, 1.165) is 56.3 Å². The van der Waals surface area contributed by atoms with Gasteiger partial charge in [0, 0.05) is 44.0 Å². The highest BCUT2D eigenvalue weighted by Crippen LogP contribution is 2.40. The average molecular weight is 628 g/mol. The molecule has 0 amide bonds. The van der Waals surface area contributed by atoms with Gasteiger partial charge in [0.1, 0.15) is 0 Å². The fourth-order valence-corrected chi connectivity index (χ4v) is 7.50. The fourth-order valence-electron chi connectivity index (χ4n) is 7.50. The lowest BCUT2D eigenvalue weighted by Gasteiger charge is -2.14. The molecule has 0 fully saturated rings. The van der Waals surface area contributed by atoms with Gasteiger partial charge >= 0.3 is 0 Å². The Morgan fingerprint density at radius 3 is 1.33 bits per heavy atom. The number of hydrogen-bond acceptors (Lipinski definition) is 2. The van der Waals surface area contributed by atoms with Crippen LogP contribution >= 0.6 is 0 Å². The highest BCUT2D eigenvalue weighted by Gasteiger charge is 2.22. The molecule has 0 unspecified atom stereocenters. The van der Waals surface area contributed by atoms with Crippen molar-refractivity contribution in [3.05, 3.63) is 176 Å². The fraction of sp³-hybridized carbons (Fsp3) is 0. The molecular formula is C44H29N5. The Balaban J connectivity index is 1.25. The average Bonchev–Trinajstić information content (AvgIpc) is 3.86. The van der Waals surface area contributed by atoms with Crippen LogP contribution in [-0.2, 0) is 0 Å². The molecule has 0 aliphatic rings. The Morgan fingerprint density at radius 1 is 0.327 bits per heavy atom. The molecule has 10 rings (SSSR count). The van der Waals surface area contributed by atoms with Crippen LogP contribution in [0.15, 0.2) is 176 Å². The summed E-state index contributed by atoms with van der Waals surface area (Å²) in [5.74, 6) is 1.61. The van der Waals surface area contributed by atoms with E-state index in [1.54, 1.807) is 0 Å². The van der Waals surface area contributed by atoms with Crippen molar-refractivity contribution in [1.29, 1.82) is 0 Å². The molecule has 0 radical (unpaired) electrons. The van der Waals surface area contributed by atoms with Crippen LogP contribution in [0.4, 0.5) is 0 Å². The highest BCUT2D eigenvalue weighted by molar-refractivity contribution is 6.14. The predicted molar refractivity (Wildman–Crippen MR) is 201 cm³/mol. The first-order valence-corrected chi connectivity index (χ1v) is 16.5. The SMILES string of the molecule is c1ccc(-c2nnc(-c3ccccc3)n2-c2cccc3c2c2ccccc2n3-c2cccc(-n3c4ccccc4c4ccccc43)c2)cc1. The molecule has 0 N–H and O–H groups in total. The summed E-state index contributed by atoms with van der Waals surface area (Å²) in [5, 5.41) is 14.4. The molecule has 0 atom stereocenters. The summed E-state index contributed by atoms with van der Waals surface area (Å²) in [7, 11) is 0. The summed E-state index contributed by atoms with van der Waals surface area (Å²) in [4.78, 5) is 0. The molecule has 10 aromatic rings. The van der Waals surface area contributed by atoms with Gasteiger partial charge in [0.25, 0.3) is 0 Å². The molecular weight excluding hydrogens is 599 g/mol. The second-order valence-corrected chi connectivity index (χ2v) is 12.3. The van der Waals surface area contributed by atoms with E-state index < -0.39 is 0 Å². The van der Waals surface area contributed by atoms with Crippen molar-refractivity contribution < 1.29 is 0 Å². The normalized spacial score (nSPS) is 11.7. The van der Waals surface area contributed by atoms with E-state index in [1.807, 2.05) is 36.4 Å². The Hall–Kier alpha value is -6.72. The van der Waals surface area contributed by atoms with Gasteiger partial charge in [-0.05, 0) is 48.5 Å². The minimum absolute atomic E-state index is 0.803. The Labute approximate surface area is 282 Å². The number of rotatable bonds is 5. The quantitative estimate of drug-likeness (QED) is 0.190. The van der Waals surface area contributed by atoms with Gasteiger partial charge in [-0.1, -0.05) is 127 Å². The predicted octanol–water partition coefficient (Wildman–Crippen LogP) is 10.8. The van der Waals surface area contributed by atoms with E-state index in [4.69, 9.17) is 10.2 Å². The van der Waals surface area contributed by atoms with Crippen molar-refractivity contribution in [1.82, 2.24) is 23.9 Å². The molecule has 0 saturated heterocycles. The summed E-state index contributed by atoms with van der Waals surface area (Å²) in [5.41, 5.74) is 9.92. The van der Waals surface area contributed by atoms with E-state index in [1.165, 1.54) is 27.2 Å². The van der Waals surface area contributed by atoms with Crippen LogP contribution in [0.1, 0.15) is 0 Å². The lowest BCUT2D eigenvalue weighted by molar-refractivity contribution is 1.08. The summed E-state index contributed by atoms with van der Waals surface area (Å²) in [6.07, 6.45) is 0. The van der Waals surface area contributed by atoms with Crippen molar-refractivity contribution >= 4 is 43.6 Å². The van der Waals surface area contributed by atoms with Crippen LogP contribution in [0.5, 0.6) is 0 Å². The van der Waals surface area contributed by atoms with Gasteiger partial charge < -0.3 is 9.13 Å². The van der Waals surface area contributed by atoms with Crippen LogP contribution in [0.3, 0.4) is 0 Å². The number of para-hydroxylation sites is 3. The molecule has 0 aliphatic carbocycles. The maximum atomic E-state index is 4.78. The largest absolute Gasteiger partial charge is 0.309 e. The third kappa shape index (κ3) is 4.19. The number of fused-ring (bicyclic) bond motifs is 6. The third-order valence-electron chi connectivity index (χ3n) is 9.57. The molecule has 3 heterocycles. The lowest BCUT2D eigenvalue weighted by Crippen LogP contribution is -2.02. The molecule has 0 bridgehead atoms. The number of benzene rings is 7. The van der Waals surface area contributed by atoms with Crippen molar-refractivity contribution in [3.8, 4) is 39.8 Å². The van der Waals surface area contributed by atoms with E-state index in [2.05, 4.69) is 153 Å². The number of aromatic nitrogens is 5. The van der Waals surface area contributed by atoms with Gasteiger partial charge in [-0.3, -0.25) is 4.57 Å². The monoisotopic (exact) mass is 627 g/mol. The molecule has 49 heavy (non-hydrogen) atoms. The van der Waals surface area contributed by atoms with Gasteiger partial charge in [-0.25, -0.2) is 0 Å². The van der Waals surface area contributed by atoms with E-state index >= 15 is 0 Å². The minimum atomic E-state index is 0.803. The van der Waals surface area contributed by atoms with E-state index in [-0.39, 0.29) is 0 Å². The topological polar surface area (TPSA) is 40.6 Å². The van der Waals surface area contributed by atoms with Gasteiger partial charge in [-0.15, -0.1) is 10.2 Å².